The smallest absolute Gasteiger partial charge is 0.465 e. The predicted molar refractivity (Wildman–Crippen MR) is 71.7 cm³/mol. The average molecular weight is 320 g/mol. The Bertz CT molecular complexity index is 559. The molecule has 1 fully saturated rings. The Morgan fingerprint density at radius 3 is 2.68 bits per heavy atom. The number of nitrogen functional groups attached to an aromatic ring is 1. The normalized spacial score (nSPS) is 17.5. The van der Waals surface area contributed by atoms with Gasteiger partial charge in [-0.2, -0.15) is 0 Å². The molecule has 1 aromatic rings. The van der Waals surface area contributed by atoms with Gasteiger partial charge < -0.3 is 25.3 Å². The molecule has 0 saturated carbocycles. The SMILES string of the molecule is COC(=O)c1cc(NC[C@@H]2CCO2)c(N)c(OC(F)(F)F)c1. The molecule has 0 radical (unpaired) electrons. The van der Waals surface area contributed by atoms with Crippen LogP contribution in [0, 0.1) is 0 Å². The van der Waals surface area contributed by atoms with Gasteiger partial charge in [0.25, 0.3) is 0 Å². The molecule has 1 aliphatic heterocycles. The van der Waals surface area contributed by atoms with E-state index in [9.17, 15) is 18.0 Å². The molecule has 9 heteroatoms. The number of ether oxygens (including phenoxy) is 3. The van der Waals surface area contributed by atoms with Crippen molar-refractivity contribution in [1.82, 2.24) is 0 Å². The number of methoxy groups -OCH3 is 1. The summed E-state index contributed by atoms with van der Waals surface area (Å²) >= 11 is 0. The van der Waals surface area contributed by atoms with Crippen molar-refractivity contribution in [2.75, 3.05) is 31.3 Å². The van der Waals surface area contributed by atoms with Crippen LogP contribution in [0.4, 0.5) is 24.5 Å². The summed E-state index contributed by atoms with van der Waals surface area (Å²) in [5.74, 6) is -1.46. The number of halogens is 3. The summed E-state index contributed by atoms with van der Waals surface area (Å²) in [5.41, 5.74) is 5.47. The summed E-state index contributed by atoms with van der Waals surface area (Å²) in [6.45, 7) is 1.01. The molecule has 0 aliphatic carbocycles. The second-order valence-electron chi connectivity index (χ2n) is 4.64. The van der Waals surface area contributed by atoms with Gasteiger partial charge in [0.15, 0.2) is 5.75 Å². The standard InChI is InChI=1S/C13H15F3N2O4/c1-20-12(19)7-4-9(18-6-8-2-3-21-8)11(17)10(5-7)22-13(14,15)16/h4-5,8,18H,2-3,6,17H2,1H3/t8-/m0/s1. The Morgan fingerprint density at radius 2 is 2.18 bits per heavy atom. The highest BCUT2D eigenvalue weighted by molar-refractivity contribution is 5.93. The summed E-state index contributed by atoms with van der Waals surface area (Å²) in [5, 5.41) is 2.86. The lowest BCUT2D eigenvalue weighted by Gasteiger charge is -2.27. The molecule has 122 valence electrons. The fourth-order valence-electron chi connectivity index (χ4n) is 1.89. The molecule has 0 amide bonds. The molecule has 3 N–H and O–H groups in total. The van der Waals surface area contributed by atoms with E-state index < -0.39 is 18.1 Å². The van der Waals surface area contributed by atoms with Gasteiger partial charge in [-0.1, -0.05) is 0 Å². The van der Waals surface area contributed by atoms with E-state index in [1.807, 2.05) is 0 Å². The molecule has 1 saturated heterocycles. The van der Waals surface area contributed by atoms with Crippen molar-refractivity contribution in [1.29, 1.82) is 0 Å². The fraction of sp³-hybridized carbons (Fsp3) is 0.462. The van der Waals surface area contributed by atoms with Crippen molar-refractivity contribution in [2.45, 2.75) is 18.9 Å². The number of carbonyl (C=O) groups is 1. The zero-order valence-electron chi connectivity index (χ0n) is 11.7. The number of esters is 1. The van der Waals surface area contributed by atoms with Crippen LogP contribution in [0.2, 0.25) is 0 Å². The van der Waals surface area contributed by atoms with Gasteiger partial charge in [0.2, 0.25) is 0 Å². The highest BCUT2D eigenvalue weighted by Gasteiger charge is 2.33. The maximum atomic E-state index is 12.4. The molecule has 6 nitrogen and oxygen atoms in total. The van der Waals surface area contributed by atoms with Gasteiger partial charge in [0.1, 0.15) is 0 Å². The maximum Gasteiger partial charge on any atom is 0.573 e. The molecule has 1 heterocycles. The number of hydrogen-bond acceptors (Lipinski definition) is 6. The van der Waals surface area contributed by atoms with E-state index in [4.69, 9.17) is 10.5 Å². The van der Waals surface area contributed by atoms with Crippen LogP contribution in [0.3, 0.4) is 0 Å². The number of rotatable bonds is 5. The topological polar surface area (TPSA) is 82.8 Å². The van der Waals surface area contributed by atoms with Gasteiger partial charge in [0, 0.05) is 13.2 Å². The third-order valence-corrected chi connectivity index (χ3v) is 3.10. The Labute approximate surface area is 124 Å². The molecular weight excluding hydrogens is 305 g/mol. The lowest BCUT2D eigenvalue weighted by Crippen LogP contribution is -2.33. The predicted octanol–water partition coefficient (Wildman–Crippen LogP) is 2.15. The summed E-state index contributed by atoms with van der Waals surface area (Å²) in [7, 11) is 1.12. The second-order valence-corrected chi connectivity index (χ2v) is 4.64. The first-order valence-electron chi connectivity index (χ1n) is 6.43. The number of hydrogen-bond donors (Lipinski definition) is 2. The first-order chi connectivity index (χ1) is 10.3. The summed E-state index contributed by atoms with van der Waals surface area (Å²) < 4.78 is 50.8. The third-order valence-electron chi connectivity index (χ3n) is 3.10. The van der Waals surface area contributed by atoms with Gasteiger partial charge >= 0.3 is 12.3 Å². The molecule has 0 unspecified atom stereocenters. The Kier molecular flexibility index (Phi) is 4.65. The molecular formula is C13H15F3N2O4. The van der Waals surface area contributed by atoms with Crippen LogP contribution in [0.25, 0.3) is 0 Å². The van der Waals surface area contributed by atoms with E-state index in [1.54, 1.807) is 0 Å². The lowest BCUT2D eigenvalue weighted by atomic mass is 10.1. The second kappa shape index (κ2) is 6.30. The Morgan fingerprint density at radius 1 is 1.50 bits per heavy atom. The molecule has 0 bridgehead atoms. The zero-order valence-corrected chi connectivity index (χ0v) is 11.7. The van der Waals surface area contributed by atoms with Crippen LogP contribution in [-0.4, -0.2) is 38.7 Å². The molecule has 1 atom stereocenters. The minimum atomic E-state index is -4.92. The van der Waals surface area contributed by atoms with Gasteiger partial charge in [-0.15, -0.1) is 13.2 Å². The number of nitrogens with two attached hydrogens (primary N) is 1. The molecule has 1 aliphatic rings. The molecule has 0 aromatic heterocycles. The van der Waals surface area contributed by atoms with Gasteiger partial charge in [-0.05, 0) is 18.6 Å². The maximum absolute atomic E-state index is 12.4. The van der Waals surface area contributed by atoms with Crippen molar-refractivity contribution in [3.05, 3.63) is 17.7 Å². The zero-order chi connectivity index (χ0) is 16.3. The van der Waals surface area contributed by atoms with E-state index in [2.05, 4.69) is 14.8 Å². The highest BCUT2D eigenvalue weighted by atomic mass is 19.4. The number of benzene rings is 1. The van der Waals surface area contributed by atoms with Crippen LogP contribution in [-0.2, 0) is 9.47 Å². The van der Waals surface area contributed by atoms with Crippen molar-refractivity contribution in [3.8, 4) is 5.75 Å². The summed E-state index contributed by atoms with van der Waals surface area (Å²) in [6.07, 6.45) is -4.11. The average Bonchev–Trinajstić information content (AvgIpc) is 2.38. The van der Waals surface area contributed by atoms with Crippen LogP contribution >= 0.6 is 0 Å². The fourth-order valence-corrected chi connectivity index (χ4v) is 1.89. The highest BCUT2D eigenvalue weighted by Crippen LogP contribution is 2.35. The van der Waals surface area contributed by atoms with Crippen LogP contribution in [0.1, 0.15) is 16.8 Å². The van der Waals surface area contributed by atoms with Crippen LogP contribution < -0.4 is 15.8 Å². The number of nitrogens with one attached hydrogen (secondary N) is 1. The van der Waals surface area contributed by atoms with Gasteiger partial charge in [0.05, 0.1) is 30.2 Å². The first-order valence-corrected chi connectivity index (χ1v) is 6.43. The molecule has 22 heavy (non-hydrogen) atoms. The van der Waals surface area contributed by atoms with E-state index in [1.165, 1.54) is 6.07 Å². The molecule has 1 aromatic carbocycles. The Balaban J connectivity index is 2.28. The van der Waals surface area contributed by atoms with Gasteiger partial charge in [-0.3, -0.25) is 0 Å². The van der Waals surface area contributed by atoms with E-state index in [0.717, 1.165) is 19.6 Å². The molecule has 0 spiro atoms. The summed E-state index contributed by atoms with van der Waals surface area (Å²) in [6, 6.07) is 2.20. The van der Waals surface area contributed by atoms with Crippen molar-refractivity contribution in [2.24, 2.45) is 0 Å². The van der Waals surface area contributed by atoms with Crippen LogP contribution in [0.5, 0.6) is 5.75 Å². The number of carbonyl (C=O) groups excluding carboxylic acids is 1. The Hall–Kier alpha value is -2.16. The van der Waals surface area contributed by atoms with Crippen molar-refractivity contribution in [3.63, 3.8) is 0 Å². The third kappa shape index (κ3) is 3.94. The van der Waals surface area contributed by atoms with E-state index in [0.29, 0.717) is 13.2 Å². The largest absolute Gasteiger partial charge is 0.573 e. The van der Waals surface area contributed by atoms with Gasteiger partial charge in [-0.25, -0.2) is 4.79 Å². The summed E-state index contributed by atoms with van der Waals surface area (Å²) in [4.78, 5) is 11.5. The minimum absolute atomic E-state index is 0.0341. The van der Waals surface area contributed by atoms with Crippen LogP contribution in [0.15, 0.2) is 12.1 Å². The minimum Gasteiger partial charge on any atom is -0.465 e. The lowest BCUT2D eigenvalue weighted by molar-refractivity contribution is -0.274. The van der Waals surface area contributed by atoms with E-state index >= 15 is 0 Å². The van der Waals surface area contributed by atoms with Crippen molar-refractivity contribution >= 4 is 17.3 Å². The first kappa shape index (κ1) is 16.2. The monoisotopic (exact) mass is 320 g/mol. The quantitative estimate of drug-likeness (QED) is 0.639. The number of alkyl halides is 3. The van der Waals surface area contributed by atoms with Crippen molar-refractivity contribution < 1.29 is 32.2 Å². The number of anilines is 2. The molecule has 2 rings (SSSR count). The van der Waals surface area contributed by atoms with E-state index in [-0.39, 0.29) is 23.0 Å².